The Labute approximate surface area is 76.8 Å². The van der Waals surface area contributed by atoms with E-state index in [9.17, 15) is 0 Å². The van der Waals surface area contributed by atoms with Crippen LogP contribution in [0.25, 0.3) is 10.9 Å². The Morgan fingerprint density at radius 3 is 2.85 bits per heavy atom. The van der Waals surface area contributed by atoms with Crippen LogP contribution in [0, 0.1) is 11.3 Å². The summed E-state index contributed by atoms with van der Waals surface area (Å²) in [6, 6.07) is 12.3. The van der Waals surface area contributed by atoms with E-state index >= 15 is 0 Å². The van der Waals surface area contributed by atoms with Gasteiger partial charge in [0.1, 0.15) is 0 Å². The van der Waals surface area contributed by atoms with Crippen molar-refractivity contribution >= 4 is 10.9 Å². The molecule has 2 nitrogen and oxygen atoms in total. The second-order valence-electron chi connectivity index (χ2n) is 3.16. The topological polar surface area (TPSA) is 39.6 Å². The number of H-pyrrole nitrogens is 1. The van der Waals surface area contributed by atoms with Gasteiger partial charge in [-0.25, -0.2) is 0 Å². The van der Waals surface area contributed by atoms with E-state index < -0.39 is 0 Å². The van der Waals surface area contributed by atoms with Crippen LogP contribution in [-0.2, 0) is 0 Å². The minimum atomic E-state index is -0.0626. The minimum absolute atomic E-state index is 0.0626. The van der Waals surface area contributed by atoms with Gasteiger partial charge >= 0.3 is 0 Å². The van der Waals surface area contributed by atoms with Crippen molar-refractivity contribution in [2.24, 2.45) is 0 Å². The van der Waals surface area contributed by atoms with Gasteiger partial charge in [-0.1, -0.05) is 18.2 Å². The summed E-state index contributed by atoms with van der Waals surface area (Å²) in [5.74, 6) is -0.0626. The average molecular weight is 173 g/mol. The molecule has 1 aromatic carbocycles. The molecule has 2 aromatic rings. The Morgan fingerprint density at radius 2 is 2.15 bits per heavy atom. The number of hydrogen-bond acceptors (Lipinski definition) is 1. The standard InChI is InChI=1S/C11H10N2/c1-8(7-12)11-6-9-4-2-3-5-10(9)13-11/h2-6,8,13H,1H3/i1+1,7+1,12+1. The zero-order chi connectivity index (χ0) is 9.26. The van der Waals surface area contributed by atoms with Gasteiger partial charge in [0.15, 0.2) is 0 Å². The van der Waals surface area contributed by atoms with Crippen LogP contribution < -0.4 is 0 Å². The van der Waals surface area contributed by atoms with Crippen LogP contribution in [0.5, 0.6) is 0 Å². The number of fused-ring (bicyclic) bond motifs is 1. The molecule has 2 rings (SSSR count). The van der Waals surface area contributed by atoms with Crippen LogP contribution in [0.15, 0.2) is 30.3 Å². The smallest absolute Gasteiger partial charge is 0.0834 e. The third-order valence-electron chi connectivity index (χ3n) is 2.21. The van der Waals surface area contributed by atoms with E-state index in [0.29, 0.717) is 0 Å². The third-order valence-corrected chi connectivity index (χ3v) is 2.21. The molecule has 0 aliphatic heterocycles. The fourth-order valence-electron chi connectivity index (χ4n) is 1.40. The zero-order valence-corrected chi connectivity index (χ0v) is 7.41. The Balaban J connectivity index is 2.57. The Hall–Kier alpha value is -1.75. The Bertz CT molecular complexity index is 429. The average Bonchev–Trinajstić information content (AvgIpc) is 2.59. The second-order valence-corrected chi connectivity index (χ2v) is 3.16. The summed E-state index contributed by atoms with van der Waals surface area (Å²) < 4.78 is 0. The molecule has 0 amide bonds. The molecule has 64 valence electrons. The number of hydrogen-bond donors (Lipinski definition) is 1. The van der Waals surface area contributed by atoms with Crippen molar-refractivity contribution in [3.63, 3.8) is 0 Å². The predicted molar refractivity (Wildman–Crippen MR) is 52.3 cm³/mol. The summed E-state index contributed by atoms with van der Waals surface area (Å²) in [5.41, 5.74) is 2.09. The van der Waals surface area contributed by atoms with E-state index in [0.717, 1.165) is 11.2 Å². The molecule has 13 heavy (non-hydrogen) atoms. The monoisotopic (exact) mass is 173 g/mol. The molecule has 2 heteroatoms. The lowest BCUT2D eigenvalue weighted by atomic mass is 10.2. The highest BCUT2D eigenvalue weighted by atomic mass is 15.2. The van der Waals surface area contributed by atoms with Crippen molar-refractivity contribution in [2.45, 2.75) is 12.8 Å². The number of nitrogens with one attached hydrogen (secondary N) is 1. The fraction of sp³-hybridized carbons (Fsp3) is 0.182. The molecule has 0 radical (unpaired) electrons. The van der Waals surface area contributed by atoms with Gasteiger partial charge in [-0.3, -0.25) is 0 Å². The van der Waals surface area contributed by atoms with Gasteiger partial charge in [0.25, 0.3) is 0 Å². The summed E-state index contributed by atoms with van der Waals surface area (Å²) in [4.78, 5) is 3.22. The molecule has 1 atom stereocenters. The lowest BCUT2D eigenvalue weighted by Gasteiger charge is -1.94. The first kappa shape index (κ1) is 7.88. The zero-order valence-electron chi connectivity index (χ0n) is 7.41. The molecule has 0 aliphatic rings. The number of para-hydroxylation sites is 1. The van der Waals surface area contributed by atoms with Gasteiger partial charge in [0.05, 0.1) is 12.0 Å². The molecule has 0 saturated heterocycles. The van der Waals surface area contributed by atoms with E-state index in [-0.39, 0.29) is 5.92 Å². The summed E-state index contributed by atoms with van der Waals surface area (Å²) in [5, 5.41) is 9.91. The van der Waals surface area contributed by atoms with E-state index in [2.05, 4.69) is 11.1 Å². The van der Waals surface area contributed by atoms with Crippen LogP contribution in [-0.4, -0.2) is 4.98 Å². The quantitative estimate of drug-likeness (QED) is 0.522. The molecule has 0 fully saturated rings. The number of benzene rings is 1. The lowest BCUT2D eigenvalue weighted by Crippen LogP contribution is -1.87. The van der Waals surface area contributed by atoms with Crippen molar-refractivity contribution < 1.29 is 0 Å². The molecule has 1 unspecified atom stereocenters. The van der Waals surface area contributed by atoms with Crippen molar-refractivity contribution in [1.82, 2.24) is 4.98 Å². The molecule has 1 N–H and O–H groups in total. The number of nitrogens with zero attached hydrogens (tertiary/aromatic N) is 1. The molecule has 0 saturated carbocycles. The summed E-state index contributed by atoms with van der Waals surface area (Å²) in [6.45, 7) is 1.89. The first-order chi connectivity index (χ1) is 6.31. The maximum absolute atomic E-state index is 8.74. The summed E-state index contributed by atoms with van der Waals surface area (Å²) in [7, 11) is 0. The largest absolute Gasteiger partial charge is 0.357 e. The van der Waals surface area contributed by atoms with Crippen molar-refractivity contribution in [2.75, 3.05) is 0 Å². The molecular formula is C11H10N2. The van der Waals surface area contributed by atoms with Crippen LogP contribution in [0.3, 0.4) is 0 Å². The number of aromatic amines is 1. The van der Waals surface area contributed by atoms with E-state index in [1.54, 1.807) is 0 Å². The highest BCUT2D eigenvalue weighted by Crippen LogP contribution is 2.20. The molecule has 0 aliphatic carbocycles. The van der Waals surface area contributed by atoms with Crippen molar-refractivity contribution in [3.05, 3.63) is 36.0 Å². The summed E-state index contributed by atoms with van der Waals surface area (Å²) >= 11 is 0. The van der Waals surface area contributed by atoms with E-state index in [4.69, 9.17) is 5.26 Å². The predicted octanol–water partition coefficient (Wildman–Crippen LogP) is 2.79. The molecule has 1 aromatic heterocycles. The normalized spacial score (nSPS) is 12.6. The maximum Gasteiger partial charge on any atom is 0.0834 e. The van der Waals surface area contributed by atoms with Crippen LogP contribution in [0.4, 0.5) is 0 Å². The van der Waals surface area contributed by atoms with Gasteiger partial charge < -0.3 is 4.98 Å². The van der Waals surface area contributed by atoms with Crippen molar-refractivity contribution in [1.29, 1.82) is 5.26 Å². The maximum atomic E-state index is 8.74. The lowest BCUT2D eigenvalue weighted by molar-refractivity contribution is 0.941. The third kappa shape index (κ3) is 1.29. The van der Waals surface area contributed by atoms with Gasteiger partial charge in [-0.15, -0.1) is 0 Å². The fourth-order valence-corrected chi connectivity index (χ4v) is 1.40. The van der Waals surface area contributed by atoms with E-state index in [1.807, 2.05) is 37.3 Å². The first-order valence-electron chi connectivity index (χ1n) is 4.28. The molecule has 0 spiro atoms. The number of nitriles is 1. The van der Waals surface area contributed by atoms with Gasteiger partial charge in [0.2, 0.25) is 0 Å². The van der Waals surface area contributed by atoms with E-state index in [1.165, 1.54) is 5.39 Å². The van der Waals surface area contributed by atoms with Crippen LogP contribution >= 0.6 is 0 Å². The van der Waals surface area contributed by atoms with Crippen LogP contribution in [0.1, 0.15) is 18.5 Å². The Kier molecular flexibility index (Phi) is 1.79. The van der Waals surface area contributed by atoms with Gasteiger partial charge in [-0.05, 0) is 24.4 Å². The van der Waals surface area contributed by atoms with Crippen LogP contribution in [0.2, 0.25) is 0 Å². The number of aromatic nitrogens is 1. The second kappa shape index (κ2) is 2.95. The highest BCUT2D eigenvalue weighted by molar-refractivity contribution is 5.80. The Morgan fingerprint density at radius 1 is 1.38 bits per heavy atom. The molecule has 0 bridgehead atoms. The first-order valence-corrected chi connectivity index (χ1v) is 4.28. The highest BCUT2D eigenvalue weighted by Gasteiger charge is 2.06. The number of rotatable bonds is 1. The van der Waals surface area contributed by atoms with Crippen molar-refractivity contribution in [3.8, 4) is 6.07 Å². The SMILES string of the molecule is [13CH3]C([13C]#[15N])c1cc2ccccc2[nH]1. The molecule has 1 heterocycles. The van der Waals surface area contributed by atoms with Gasteiger partial charge in [0, 0.05) is 11.2 Å². The van der Waals surface area contributed by atoms with Gasteiger partial charge in [-0.2, -0.15) is 5.26 Å². The molecular weight excluding hydrogens is 163 g/mol. The summed E-state index contributed by atoms with van der Waals surface area (Å²) in [6.07, 6.45) is 0. The minimum Gasteiger partial charge on any atom is -0.357 e.